The minimum atomic E-state index is -0.0196. The second-order valence-electron chi connectivity index (χ2n) is 7.13. The van der Waals surface area contributed by atoms with Crippen molar-refractivity contribution < 1.29 is 14.1 Å². The lowest BCUT2D eigenvalue weighted by atomic mass is 10.1. The van der Waals surface area contributed by atoms with Crippen LogP contribution in [0, 0.1) is 13.8 Å². The number of nitrogens with zero attached hydrogens (tertiary/aromatic N) is 4. The Morgan fingerprint density at radius 3 is 2.59 bits per heavy atom. The van der Waals surface area contributed by atoms with Crippen molar-refractivity contribution in [3.63, 3.8) is 0 Å². The van der Waals surface area contributed by atoms with E-state index in [9.17, 15) is 4.79 Å². The Labute approximate surface area is 169 Å². The van der Waals surface area contributed by atoms with Gasteiger partial charge in [0.1, 0.15) is 5.75 Å². The fraction of sp³-hybridized carbons (Fsp3) is 0.318. The van der Waals surface area contributed by atoms with Gasteiger partial charge in [0.2, 0.25) is 11.7 Å². The topological polar surface area (TPSA) is 71.7 Å². The minimum absolute atomic E-state index is 0.0196. The molecule has 1 saturated heterocycles. The van der Waals surface area contributed by atoms with Crippen LogP contribution in [0.25, 0.3) is 0 Å². The third-order valence-corrected chi connectivity index (χ3v) is 4.98. The molecule has 0 atom stereocenters. The number of carbonyl (C=O) groups is 1. The molecule has 4 rings (SSSR count). The molecule has 1 aromatic heterocycles. The molecule has 7 heteroatoms. The van der Waals surface area contributed by atoms with Gasteiger partial charge in [0.05, 0.1) is 5.56 Å². The summed E-state index contributed by atoms with van der Waals surface area (Å²) in [5.41, 5.74) is 3.00. The summed E-state index contributed by atoms with van der Waals surface area (Å²) in [6.45, 7) is 6.93. The monoisotopic (exact) mass is 392 g/mol. The van der Waals surface area contributed by atoms with Crippen molar-refractivity contribution in [3.05, 3.63) is 71.4 Å². The first kappa shape index (κ1) is 19.0. The normalized spacial score (nSPS) is 14.1. The van der Waals surface area contributed by atoms with E-state index in [-0.39, 0.29) is 12.5 Å². The van der Waals surface area contributed by atoms with E-state index >= 15 is 0 Å². The van der Waals surface area contributed by atoms with Gasteiger partial charge >= 0.3 is 0 Å². The third-order valence-electron chi connectivity index (χ3n) is 4.98. The molecule has 1 fully saturated rings. The van der Waals surface area contributed by atoms with Crippen LogP contribution >= 0.6 is 0 Å². The highest BCUT2D eigenvalue weighted by Gasteiger charge is 2.24. The smallest absolute Gasteiger partial charge is 0.257 e. The first-order chi connectivity index (χ1) is 14.1. The quantitative estimate of drug-likeness (QED) is 0.664. The number of carbonyl (C=O) groups excluding carboxylic acids is 1. The van der Waals surface area contributed by atoms with Crippen LogP contribution in [0.2, 0.25) is 0 Å². The summed E-state index contributed by atoms with van der Waals surface area (Å²) in [6, 6.07) is 15.8. The standard InChI is InChI=1S/C22H24N4O3/c1-16-6-5-7-18(14-16)25-10-12-26(13-11-25)22(27)19-8-3-4-9-20(19)28-15-21-23-17(2)29-24-21/h3-9,14H,10-13,15H2,1-2H3. The van der Waals surface area contributed by atoms with Gasteiger partial charge in [-0.05, 0) is 36.8 Å². The number of hydrogen-bond acceptors (Lipinski definition) is 6. The molecule has 0 bridgehead atoms. The number of hydrogen-bond donors (Lipinski definition) is 0. The van der Waals surface area contributed by atoms with Crippen LogP contribution in [0.5, 0.6) is 5.75 Å². The fourth-order valence-electron chi connectivity index (χ4n) is 3.47. The zero-order chi connectivity index (χ0) is 20.2. The molecule has 0 saturated carbocycles. The van der Waals surface area contributed by atoms with E-state index in [4.69, 9.17) is 9.26 Å². The van der Waals surface area contributed by atoms with E-state index < -0.39 is 0 Å². The molecule has 2 aromatic carbocycles. The summed E-state index contributed by atoms with van der Waals surface area (Å²) in [5, 5.41) is 3.83. The maximum absolute atomic E-state index is 13.1. The van der Waals surface area contributed by atoms with Gasteiger partial charge in [-0.2, -0.15) is 4.98 Å². The Balaban J connectivity index is 1.41. The van der Waals surface area contributed by atoms with E-state index in [0.717, 1.165) is 13.1 Å². The highest BCUT2D eigenvalue weighted by molar-refractivity contribution is 5.97. The van der Waals surface area contributed by atoms with Crippen LogP contribution in [0.3, 0.4) is 0 Å². The van der Waals surface area contributed by atoms with Gasteiger partial charge in [0.15, 0.2) is 6.61 Å². The van der Waals surface area contributed by atoms with Gasteiger partial charge in [0.25, 0.3) is 5.91 Å². The van der Waals surface area contributed by atoms with Crippen LogP contribution in [0.1, 0.15) is 27.6 Å². The Morgan fingerprint density at radius 1 is 1.07 bits per heavy atom. The predicted molar refractivity (Wildman–Crippen MR) is 109 cm³/mol. The lowest BCUT2D eigenvalue weighted by molar-refractivity contribution is 0.0741. The number of aromatic nitrogens is 2. The average molecular weight is 392 g/mol. The molecule has 0 radical (unpaired) electrons. The lowest BCUT2D eigenvalue weighted by Crippen LogP contribution is -2.48. The van der Waals surface area contributed by atoms with Crippen molar-refractivity contribution >= 4 is 11.6 Å². The number of para-hydroxylation sites is 1. The molecule has 0 aliphatic carbocycles. The van der Waals surface area contributed by atoms with E-state index in [1.54, 1.807) is 19.1 Å². The molecule has 3 aromatic rings. The largest absolute Gasteiger partial charge is 0.485 e. The summed E-state index contributed by atoms with van der Waals surface area (Å²) >= 11 is 0. The molecule has 150 valence electrons. The third kappa shape index (κ3) is 4.39. The summed E-state index contributed by atoms with van der Waals surface area (Å²) in [5.74, 6) is 1.45. The average Bonchev–Trinajstić information content (AvgIpc) is 3.17. The molecule has 7 nitrogen and oxygen atoms in total. The van der Waals surface area contributed by atoms with Gasteiger partial charge < -0.3 is 19.1 Å². The van der Waals surface area contributed by atoms with Crippen LogP contribution in [-0.4, -0.2) is 47.1 Å². The first-order valence-corrected chi connectivity index (χ1v) is 9.72. The van der Waals surface area contributed by atoms with Crippen molar-refractivity contribution in [2.75, 3.05) is 31.1 Å². The summed E-state index contributed by atoms with van der Waals surface area (Å²) < 4.78 is 10.8. The zero-order valence-electron chi connectivity index (χ0n) is 16.7. The summed E-state index contributed by atoms with van der Waals surface area (Å²) in [6.07, 6.45) is 0. The molecule has 2 heterocycles. The van der Waals surface area contributed by atoms with Crippen LogP contribution in [0.15, 0.2) is 53.1 Å². The Morgan fingerprint density at radius 2 is 1.86 bits per heavy atom. The molecule has 0 N–H and O–H groups in total. The first-order valence-electron chi connectivity index (χ1n) is 9.72. The SMILES string of the molecule is Cc1cccc(N2CCN(C(=O)c3ccccc3OCc3noc(C)n3)CC2)c1. The number of amides is 1. The van der Waals surface area contributed by atoms with Gasteiger partial charge in [0, 0.05) is 38.8 Å². The van der Waals surface area contributed by atoms with Crippen molar-refractivity contribution in [2.24, 2.45) is 0 Å². The van der Waals surface area contributed by atoms with Crippen molar-refractivity contribution in [2.45, 2.75) is 20.5 Å². The van der Waals surface area contributed by atoms with Crippen molar-refractivity contribution in [3.8, 4) is 5.75 Å². The van der Waals surface area contributed by atoms with Crippen LogP contribution < -0.4 is 9.64 Å². The number of rotatable bonds is 5. The Kier molecular flexibility index (Phi) is 5.46. The Bertz CT molecular complexity index is 993. The molecule has 1 aliphatic rings. The van der Waals surface area contributed by atoms with Crippen LogP contribution in [-0.2, 0) is 6.61 Å². The predicted octanol–water partition coefficient (Wildman–Crippen LogP) is 3.23. The summed E-state index contributed by atoms with van der Waals surface area (Å²) in [4.78, 5) is 21.4. The molecule has 29 heavy (non-hydrogen) atoms. The maximum atomic E-state index is 13.1. The van der Waals surface area contributed by atoms with Gasteiger partial charge in [-0.25, -0.2) is 0 Å². The molecule has 0 spiro atoms. The highest BCUT2D eigenvalue weighted by Crippen LogP contribution is 2.23. The number of ether oxygens (including phenoxy) is 1. The van der Waals surface area contributed by atoms with Gasteiger partial charge in [-0.3, -0.25) is 4.79 Å². The van der Waals surface area contributed by atoms with E-state index in [2.05, 4.69) is 46.2 Å². The lowest BCUT2D eigenvalue weighted by Gasteiger charge is -2.36. The second kappa shape index (κ2) is 8.34. The highest BCUT2D eigenvalue weighted by atomic mass is 16.5. The number of benzene rings is 2. The van der Waals surface area contributed by atoms with Crippen LogP contribution in [0.4, 0.5) is 5.69 Å². The van der Waals surface area contributed by atoms with Gasteiger partial charge in [-0.15, -0.1) is 0 Å². The maximum Gasteiger partial charge on any atom is 0.257 e. The Hall–Kier alpha value is -3.35. The number of anilines is 1. The summed E-state index contributed by atoms with van der Waals surface area (Å²) in [7, 11) is 0. The molecule has 1 amide bonds. The minimum Gasteiger partial charge on any atom is -0.485 e. The second-order valence-corrected chi connectivity index (χ2v) is 7.13. The zero-order valence-corrected chi connectivity index (χ0v) is 16.7. The molecule has 0 unspecified atom stereocenters. The molecule has 1 aliphatic heterocycles. The van der Waals surface area contributed by atoms with E-state index in [0.29, 0.717) is 36.1 Å². The van der Waals surface area contributed by atoms with E-state index in [1.165, 1.54) is 11.3 Å². The molecular weight excluding hydrogens is 368 g/mol. The van der Waals surface area contributed by atoms with E-state index in [1.807, 2.05) is 17.0 Å². The van der Waals surface area contributed by atoms with Gasteiger partial charge in [-0.1, -0.05) is 29.4 Å². The van der Waals surface area contributed by atoms with Crippen molar-refractivity contribution in [1.29, 1.82) is 0 Å². The fourth-order valence-corrected chi connectivity index (χ4v) is 3.47. The number of piperazine rings is 1. The molecular formula is C22H24N4O3. The number of aryl methyl sites for hydroxylation is 2. The van der Waals surface area contributed by atoms with Crippen molar-refractivity contribution in [1.82, 2.24) is 15.0 Å².